The van der Waals surface area contributed by atoms with Gasteiger partial charge in [-0.15, -0.1) is 0 Å². The number of carbonyl (C=O) groups excluding carboxylic acids is 10. The second-order valence-corrected chi connectivity index (χ2v) is 20.2. The van der Waals surface area contributed by atoms with Gasteiger partial charge in [0, 0.05) is 50.8 Å². The van der Waals surface area contributed by atoms with Gasteiger partial charge in [-0.1, -0.05) is 42.5 Å². The van der Waals surface area contributed by atoms with Crippen molar-refractivity contribution >= 4 is 77.0 Å². The lowest BCUT2D eigenvalue weighted by molar-refractivity contribution is -0.148. The summed E-state index contributed by atoms with van der Waals surface area (Å²) in [7, 11) is 0. The lowest BCUT2D eigenvalue weighted by Crippen LogP contribution is -2.60. The van der Waals surface area contributed by atoms with Gasteiger partial charge in [0.05, 0.1) is 38.4 Å². The highest BCUT2D eigenvalue weighted by atomic mass is 16.4. The summed E-state index contributed by atoms with van der Waals surface area (Å²) in [4.78, 5) is 173. The number of rotatable bonds is 32. The van der Waals surface area contributed by atoms with E-state index in [2.05, 4.69) is 52.2 Å². The maximum Gasteiger partial charge on any atom is 0.326 e. The predicted octanol–water partition coefficient (Wildman–Crippen LogP) is -6.04. The lowest BCUT2D eigenvalue weighted by Gasteiger charge is -2.33. The van der Waals surface area contributed by atoms with E-state index in [-0.39, 0.29) is 82.7 Å². The van der Waals surface area contributed by atoms with E-state index in [9.17, 15) is 78.0 Å². The number of nitrogens with zero attached hydrogens (tertiary/aromatic N) is 4. The number of aromatic amines is 1. The number of carboxylic acids is 2. The van der Waals surface area contributed by atoms with Crippen LogP contribution in [0.5, 0.6) is 5.75 Å². The number of carbonyl (C=O) groups is 12. The van der Waals surface area contributed by atoms with E-state index in [1.807, 2.05) is 0 Å². The zero-order chi connectivity index (χ0) is 62.3. The molecule has 0 spiro atoms. The second-order valence-electron chi connectivity index (χ2n) is 20.2. The Balaban J connectivity index is 1.25. The number of likely N-dealkylation sites (tertiary alicyclic amines) is 2. The van der Waals surface area contributed by atoms with E-state index in [0.717, 1.165) is 0 Å². The molecule has 1 aromatic heterocycles. The molecule has 0 unspecified atom stereocenters. The third-order valence-corrected chi connectivity index (χ3v) is 13.8. The summed E-state index contributed by atoms with van der Waals surface area (Å²) in [6.45, 7) is -1.82. The molecule has 0 saturated carbocycles. The molecule has 5 rings (SSSR count). The summed E-state index contributed by atoms with van der Waals surface area (Å²) in [6.07, 6.45) is 1.56. The van der Waals surface area contributed by atoms with E-state index >= 15 is 0 Å². The van der Waals surface area contributed by atoms with Gasteiger partial charge in [-0.3, -0.25) is 57.7 Å². The zero-order valence-electron chi connectivity index (χ0n) is 46.1. The van der Waals surface area contributed by atoms with Crippen molar-refractivity contribution in [2.75, 3.05) is 32.8 Å². The van der Waals surface area contributed by atoms with E-state index in [0.29, 0.717) is 23.2 Å². The van der Waals surface area contributed by atoms with Crippen LogP contribution in [0, 0.1) is 0 Å². The van der Waals surface area contributed by atoms with Crippen LogP contribution < -0.4 is 60.2 Å². The minimum Gasteiger partial charge on any atom is -0.508 e. The number of primary amides is 1. The Bertz CT molecular complexity index is 2890. The normalized spacial score (nSPS) is 17.0. The van der Waals surface area contributed by atoms with E-state index in [1.54, 1.807) is 30.3 Å². The number of hydrogen-bond acceptors (Lipinski definition) is 17. The zero-order valence-corrected chi connectivity index (χ0v) is 46.1. The molecule has 32 nitrogen and oxygen atoms in total. The SMILES string of the molecule is NC(=O)C[C@H](N)C(=O)N[C@@H](Cc1ccccc1)C(=O)N[C@@H](Cc1cnc[nH]1)C(=O)N1CCC[C@H]1C(=O)N1CCC[C@H]1C(=O)N[C@@H](CC(=O)O)C(=O)NCC(=O)N[C@@H](Cc1ccc(O)cc1)C(=O)N[C@@H](CO)C(=O)N[C@@H](CCCN=C(N)N)C(=O)O. The van der Waals surface area contributed by atoms with Crippen molar-refractivity contribution in [3.8, 4) is 5.75 Å². The lowest BCUT2D eigenvalue weighted by atomic mass is 10.0. The van der Waals surface area contributed by atoms with Crippen LogP contribution in [0.4, 0.5) is 0 Å². The predicted molar refractivity (Wildman–Crippen MR) is 297 cm³/mol. The summed E-state index contributed by atoms with van der Waals surface area (Å²) < 4.78 is 0. The first-order valence-electron chi connectivity index (χ1n) is 27.1. The number of aromatic hydroxyl groups is 1. The van der Waals surface area contributed by atoms with Crippen molar-refractivity contribution in [2.45, 2.75) is 125 Å². The van der Waals surface area contributed by atoms with Crippen molar-refractivity contribution in [1.29, 1.82) is 0 Å². The number of aliphatic hydroxyl groups excluding tert-OH is 1. The number of imidazole rings is 1. The van der Waals surface area contributed by atoms with Crippen molar-refractivity contribution in [2.24, 2.45) is 27.9 Å². The summed E-state index contributed by atoms with van der Waals surface area (Å²) >= 11 is 0. The molecule has 2 aliphatic heterocycles. The Labute approximate surface area is 486 Å². The third-order valence-electron chi connectivity index (χ3n) is 13.8. The molecule has 85 heavy (non-hydrogen) atoms. The number of nitrogens with one attached hydrogen (secondary N) is 8. The number of hydrogen-bond donors (Lipinski definition) is 16. The number of guanidine groups is 1. The van der Waals surface area contributed by atoms with Gasteiger partial charge in [-0.2, -0.15) is 0 Å². The van der Waals surface area contributed by atoms with Crippen molar-refractivity contribution in [1.82, 2.24) is 57.0 Å². The highest BCUT2D eigenvalue weighted by Crippen LogP contribution is 2.26. The molecule has 32 heteroatoms. The fraction of sp³-hybridized carbons (Fsp3) is 0.472. The van der Waals surface area contributed by atoms with Crippen molar-refractivity contribution in [3.05, 3.63) is 83.9 Å². The van der Waals surface area contributed by atoms with Crippen molar-refractivity contribution in [3.63, 3.8) is 0 Å². The van der Waals surface area contributed by atoms with Crippen LogP contribution in [0.15, 0.2) is 72.1 Å². The first-order valence-corrected chi connectivity index (χ1v) is 27.1. The van der Waals surface area contributed by atoms with Gasteiger partial charge in [0.25, 0.3) is 0 Å². The quantitative estimate of drug-likeness (QED) is 0.0157. The monoisotopic (exact) mass is 1190 g/mol. The number of aliphatic hydroxyl groups is 1. The number of H-pyrrole nitrogens is 1. The summed E-state index contributed by atoms with van der Waals surface area (Å²) in [5, 5.41) is 56.1. The van der Waals surface area contributed by atoms with Gasteiger partial charge in [0.1, 0.15) is 54.1 Å². The molecule has 2 saturated heterocycles. The van der Waals surface area contributed by atoms with Gasteiger partial charge < -0.3 is 95.4 Å². The molecule has 3 aromatic rings. The number of aliphatic imine (C=N–C) groups is 1. The fourth-order valence-electron chi connectivity index (χ4n) is 9.48. The third kappa shape index (κ3) is 20.6. The molecule has 9 atom stereocenters. The van der Waals surface area contributed by atoms with E-state index in [4.69, 9.17) is 22.9 Å². The molecule has 0 bridgehead atoms. The Morgan fingerprint density at radius 1 is 0.659 bits per heavy atom. The van der Waals surface area contributed by atoms with E-state index in [1.165, 1.54) is 46.6 Å². The summed E-state index contributed by atoms with van der Waals surface area (Å²) in [6, 6.07) is 0.881. The number of benzene rings is 2. The average molecular weight is 1190 g/mol. The average Bonchev–Trinajstić information content (AvgIpc) is 3.07. The molecule has 10 amide bonds. The van der Waals surface area contributed by atoms with Crippen LogP contribution in [0.25, 0.3) is 0 Å². The minimum atomic E-state index is -1.83. The summed E-state index contributed by atoms with van der Waals surface area (Å²) in [5.74, 6) is -12.5. The van der Waals surface area contributed by atoms with Crippen LogP contribution in [0.2, 0.25) is 0 Å². The second kappa shape index (κ2) is 32.2. The Kier molecular flexibility index (Phi) is 25.0. The smallest absolute Gasteiger partial charge is 0.326 e. The minimum absolute atomic E-state index is 0.0196. The first kappa shape index (κ1) is 66.1. The van der Waals surface area contributed by atoms with Gasteiger partial charge in [-0.05, 0) is 61.8 Å². The highest BCUT2D eigenvalue weighted by Gasteiger charge is 2.45. The molecule has 20 N–H and O–H groups in total. The number of amides is 10. The van der Waals surface area contributed by atoms with Crippen LogP contribution in [-0.2, 0) is 76.8 Å². The van der Waals surface area contributed by atoms with E-state index < -0.39 is 151 Å². The molecule has 2 fully saturated rings. The first-order chi connectivity index (χ1) is 40.4. The number of nitrogens with two attached hydrogens (primary N) is 4. The standard InChI is InChI=1S/C53H72N16O16/c54-32(22-41(55)72)44(76)64-35(19-28-7-2-1-3-8-28)47(79)66-37(21-30-24-58-27-61-30)50(82)69-18-6-11-40(69)51(83)68-17-5-10-39(68)49(81)65-36(23-43(74)75)45(77)60-25-42(73)62-34(20-29-12-14-31(71)15-13-29)46(78)67-38(26-70)48(80)63-33(52(84)85)9-4-16-59-53(56)57/h1-3,7-8,12-15,24,27,32-40,70-71H,4-6,9-11,16-23,25-26,54H2,(H2,55,72)(H,58,61)(H,60,77)(H,62,73)(H,63,80)(H,64,76)(H,65,81)(H,66,79)(H,67,78)(H,74,75)(H,84,85)(H4,56,57,59)/t32-,33-,34-,35-,36-,37-,38-,39-,40-/m0/s1. The van der Waals surface area contributed by atoms with Gasteiger partial charge in [-0.25, -0.2) is 9.78 Å². The number of phenols is 1. The molecule has 460 valence electrons. The molecular formula is C53H72N16O16. The Hall–Kier alpha value is -9.72. The van der Waals surface area contributed by atoms with Gasteiger partial charge >= 0.3 is 11.9 Å². The largest absolute Gasteiger partial charge is 0.508 e. The Morgan fingerprint density at radius 2 is 1.25 bits per heavy atom. The van der Waals surface area contributed by atoms with Crippen LogP contribution in [0.3, 0.4) is 0 Å². The molecule has 3 heterocycles. The number of aliphatic carboxylic acids is 2. The van der Waals surface area contributed by atoms with Gasteiger partial charge in [0.2, 0.25) is 59.1 Å². The van der Waals surface area contributed by atoms with Crippen molar-refractivity contribution < 1.29 is 78.0 Å². The molecule has 2 aromatic carbocycles. The van der Waals surface area contributed by atoms with Crippen LogP contribution >= 0.6 is 0 Å². The number of carboxylic acid groups (broad SMARTS) is 2. The number of aromatic nitrogens is 2. The highest BCUT2D eigenvalue weighted by molar-refractivity contribution is 5.99. The van der Waals surface area contributed by atoms with Crippen LogP contribution in [-0.4, -0.2) is 204 Å². The fourth-order valence-corrected chi connectivity index (χ4v) is 9.48. The molecule has 0 aliphatic carbocycles. The van der Waals surface area contributed by atoms with Gasteiger partial charge in [0.15, 0.2) is 5.96 Å². The maximum absolute atomic E-state index is 14.6. The summed E-state index contributed by atoms with van der Waals surface area (Å²) in [5.41, 5.74) is 23.1. The maximum atomic E-state index is 14.6. The topological polar surface area (TPSA) is 522 Å². The Morgan fingerprint density at radius 3 is 1.85 bits per heavy atom. The molecular weight excluding hydrogens is 1120 g/mol. The van der Waals surface area contributed by atoms with Crippen LogP contribution in [0.1, 0.15) is 68.2 Å². The number of phenolic OH excluding ortho intramolecular Hbond substituents is 1. The molecule has 0 radical (unpaired) electrons. The molecule has 2 aliphatic rings.